The standard InChI is InChI=1S/C17H21NO2/c1-12-6-13(2)8-15(7-12)11-20-16-5-4-14(10-18)9-17(16)19-3/h4-9H,10-11,18H2,1-3H3. The second kappa shape index (κ2) is 6.44. The fraction of sp³-hybridized carbons (Fsp3) is 0.294. The maximum absolute atomic E-state index is 5.86. The van der Waals surface area contributed by atoms with Gasteiger partial charge < -0.3 is 15.2 Å². The largest absolute Gasteiger partial charge is 0.493 e. The van der Waals surface area contributed by atoms with Crippen molar-refractivity contribution in [2.24, 2.45) is 5.73 Å². The van der Waals surface area contributed by atoms with E-state index in [9.17, 15) is 0 Å². The number of nitrogens with two attached hydrogens (primary N) is 1. The summed E-state index contributed by atoms with van der Waals surface area (Å²) in [5, 5.41) is 0. The van der Waals surface area contributed by atoms with Crippen LogP contribution in [0, 0.1) is 13.8 Å². The first-order chi connectivity index (χ1) is 9.62. The van der Waals surface area contributed by atoms with Crippen LogP contribution in [0.1, 0.15) is 22.3 Å². The van der Waals surface area contributed by atoms with E-state index in [2.05, 4.69) is 32.0 Å². The number of aryl methyl sites for hydroxylation is 2. The van der Waals surface area contributed by atoms with E-state index in [4.69, 9.17) is 15.2 Å². The SMILES string of the molecule is COc1cc(CN)ccc1OCc1cc(C)cc(C)c1. The van der Waals surface area contributed by atoms with Crippen LogP contribution in [0.5, 0.6) is 11.5 Å². The van der Waals surface area contributed by atoms with Crippen LogP contribution in [0.25, 0.3) is 0 Å². The Balaban J connectivity index is 2.14. The van der Waals surface area contributed by atoms with Gasteiger partial charge in [-0.15, -0.1) is 0 Å². The third-order valence-corrected chi connectivity index (χ3v) is 3.14. The predicted octanol–water partition coefficient (Wildman–Crippen LogP) is 3.35. The molecule has 20 heavy (non-hydrogen) atoms. The van der Waals surface area contributed by atoms with Crippen LogP contribution < -0.4 is 15.2 Å². The summed E-state index contributed by atoms with van der Waals surface area (Å²) in [5.41, 5.74) is 10.3. The molecule has 0 unspecified atom stereocenters. The highest BCUT2D eigenvalue weighted by Crippen LogP contribution is 2.28. The Morgan fingerprint density at radius 3 is 2.20 bits per heavy atom. The van der Waals surface area contributed by atoms with Gasteiger partial charge in [-0.1, -0.05) is 35.4 Å². The molecule has 0 aliphatic heterocycles. The van der Waals surface area contributed by atoms with Crippen LogP contribution in [0.3, 0.4) is 0 Å². The summed E-state index contributed by atoms with van der Waals surface area (Å²) in [7, 11) is 1.64. The fourth-order valence-electron chi connectivity index (χ4n) is 2.27. The lowest BCUT2D eigenvalue weighted by Crippen LogP contribution is -2.01. The molecule has 0 radical (unpaired) electrons. The van der Waals surface area contributed by atoms with Crippen LogP contribution in [0.4, 0.5) is 0 Å². The van der Waals surface area contributed by atoms with E-state index < -0.39 is 0 Å². The van der Waals surface area contributed by atoms with Crippen molar-refractivity contribution in [3.05, 3.63) is 58.7 Å². The molecule has 0 aliphatic rings. The normalized spacial score (nSPS) is 10.4. The fourth-order valence-corrected chi connectivity index (χ4v) is 2.27. The number of methoxy groups -OCH3 is 1. The molecule has 2 aromatic carbocycles. The number of benzene rings is 2. The first-order valence-electron chi connectivity index (χ1n) is 6.69. The zero-order valence-corrected chi connectivity index (χ0v) is 12.3. The Kier molecular flexibility index (Phi) is 4.64. The lowest BCUT2D eigenvalue weighted by atomic mass is 10.1. The second-order valence-corrected chi connectivity index (χ2v) is 4.97. The average molecular weight is 271 g/mol. The van der Waals surface area contributed by atoms with Gasteiger partial charge >= 0.3 is 0 Å². The van der Waals surface area contributed by atoms with Crippen molar-refractivity contribution in [3.8, 4) is 11.5 Å². The van der Waals surface area contributed by atoms with E-state index in [0.717, 1.165) is 22.6 Å². The number of ether oxygens (including phenoxy) is 2. The minimum Gasteiger partial charge on any atom is -0.493 e. The maximum atomic E-state index is 5.86. The van der Waals surface area contributed by atoms with Gasteiger partial charge in [0.25, 0.3) is 0 Å². The highest BCUT2D eigenvalue weighted by molar-refractivity contribution is 5.43. The topological polar surface area (TPSA) is 44.5 Å². The number of rotatable bonds is 5. The molecule has 0 saturated heterocycles. The van der Waals surface area contributed by atoms with Crippen molar-refractivity contribution in [2.45, 2.75) is 27.0 Å². The van der Waals surface area contributed by atoms with Gasteiger partial charge in [0.2, 0.25) is 0 Å². The Morgan fingerprint density at radius 1 is 0.900 bits per heavy atom. The molecule has 3 heteroatoms. The highest BCUT2D eigenvalue weighted by Gasteiger charge is 2.06. The third kappa shape index (κ3) is 3.52. The summed E-state index contributed by atoms with van der Waals surface area (Å²) in [6.07, 6.45) is 0. The summed E-state index contributed by atoms with van der Waals surface area (Å²) in [6, 6.07) is 12.2. The molecular formula is C17H21NO2. The minimum absolute atomic E-state index is 0.494. The Morgan fingerprint density at radius 2 is 1.60 bits per heavy atom. The first-order valence-corrected chi connectivity index (χ1v) is 6.69. The molecule has 0 spiro atoms. The van der Waals surface area contributed by atoms with Gasteiger partial charge in [-0.2, -0.15) is 0 Å². The zero-order chi connectivity index (χ0) is 14.5. The molecule has 0 heterocycles. The van der Waals surface area contributed by atoms with Crippen molar-refractivity contribution in [1.82, 2.24) is 0 Å². The molecule has 0 aliphatic carbocycles. The minimum atomic E-state index is 0.494. The quantitative estimate of drug-likeness (QED) is 0.907. The molecule has 0 fully saturated rings. The summed E-state index contributed by atoms with van der Waals surface area (Å²) >= 11 is 0. The number of hydrogen-bond donors (Lipinski definition) is 1. The van der Waals surface area contributed by atoms with Gasteiger partial charge in [0.15, 0.2) is 11.5 Å². The molecule has 2 rings (SSSR count). The van der Waals surface area contributed by atoms with Gasteiger partial charge in [0.1, 0.15) is 6.61 Å². The van der Waals surface area contributed by atoms with E-state index in [-0.39, 0.29) is 0 Å². The van der Waals surface area contributed by atoms with Gasteiger partial charge in [-0.25, -0.2) is 0 Å². The van der Waals surface area contributed by atoms with E-state index in [0.29, 0.717) is 13.2 Å². The van der Waals surface area contributed by atoms with Crippen molar-refractivity contribution in [2.75, 3.05) is 7.11 Å². The lowest BCUT2D eigenvalue weighted by molar-refractivity contribution is 0.284. The van der Waals surface area contributed by atoms with E-state index in [1.807, 2.05) is 18.2 Å². The van der Waals surface area contributed by atoms with Gasteiger partial charge in [-0.05, 0) is 37.1 Å². The van der Waals surface area contributed by atoms with Crippen LogP contribution in [0.15, 0.2) is 36.4 Å². The molecule has 0 saturated carbocycles. The summed E-state index contributed by atoms with van der Waals surface area (Å²) in [5.74, 6) is 1.46. The number of hydrogen-bond acceptors (Lipinski definition) is 3. The van der Waals surface area contributed by atoms with Crippen molar-refractivity contribution < 1.29 is 9.47 Å². The van der Waals surface area contributed by atoms with Gasteiger partial charge in [0.05, 0.1) is 7.11 Å². The monoisotopic (exact) mass is 271 g/mol. The van der Waals surface area contributed by atoms with Crippen molar-refractivity contribution in [3.63, 3.8) is 0 Å². The van der Waals surface area contributed by atoms with E-state index >= 15 is 0 Å². The maximum Gasteiger partial charge on any atom is 0.161 e. The first kappa shape index (κ1) is 14.4. The summed E-state index contributed by atoms with van der Waals surface area (Å²) in [4.78, 5) is 0. The molecule has 2 N–H and O–H groups in total. The Hall–Kier alpha value is -2.00. The van der Waals surface area contributed by atoms with Crippen LogP contribution >= 0.6 is 0 Å². The molecule has 2 aromatic rings. The van der Waals surface area contributed by atoms with E-state index in [1.54, 1.807) is 7.11 Å². The van der Waals surface area contributed by atoms with Gasteiger partial charge in [-0.3, -0.25) is 0 Å². The Bertz CT molecular complexity index is 573. The van der Waals surface area contributed by atoms with Crippen LogP contribution in [-0.4, -0.2) is 7.11 Å². The second-order valence-electron chi connectivity index (χ2n) is 4.97. The molecule has 0 aromatic heterocycles. The molecule has 0 atom stereocenters. The van der Waals surface area contributed by atoms with E-state index in [1.165, 1.54) is 11.1 Å². The molecule has 3 nitrogen and oxygen atoms in total. The molecular weight excluding hydrogens is 250 g/mol. The molecule has 106 valence electrons. The lowest BCUT2D eigenvalue weighted by Gasteiger charge is -2.12. The summed E-state index contributed by atoms with van der Waals surface area (Å²) < 4.78 is 11.2. The average Bonchev–Trinajstić information content (AvgIpc) is 2.44. The van der Waals surface area contributed by atoms with Crippen molar-refractivity contribution >= 4 is 0 Å². The van der Waals surface area contributed by atoms with Crippen LogP contribution in [0.2, 0.25) is 0 Å². The smallest absolute Gasteiger partial charge is 0.161 e. The summed E-state index contributed by atoms with van der Waals surface area (Å²) in [6.45, 7) is 5.20. The zero-order valence-electron chi connectivity index (χ0n) is 12.3. The van der Waals surface area contributed by atoms with Crippen molar-refractivity contribution in [1.29, 1.82) is 0 Å². The highest BCUT2D eigenvalue weighted by atomic mass is 16.5. The van der Waals surface area contributed by atoms with Crippen LogP contribution in [-0.2, 0) is 13.2 Å². The predicted molar refractivity (Wildman–Crippen MR) is 81.1 cm³/mol. The van der Waals surface area contributed by atoms with Gasteiger partial charge in [0, 0.05) is 6.54 Å². The Labute approximate surface area is 120 Å². The third-order valence-electron chi connectivity index (χ3n) is 3.14. The molecule has 0 amide bonds. The molecule has 0 bridgehead atoms.